The van der Waals surface area contributed by atoms with Crippen molar-refractivity contribution < 1.29 is 17.6 Å². The molecule has 156 valence electrons. The van der Waals surface area contributed by atoms with Crippen molar-refractivity contribution in [1.82, 2.24) is 5.32 Å². The maximum Gasteiger partial charge on any atom is 0.264 e. The van der Waals surface area contributed by atoms with Crippen molar-refractivity contribution in [2.45, 2.75) is 24.8 Å². The van der Waals surface area contributed by atoms with Gasteiger partial charge >= 0.3 is 0 Å². The van der Waals surface area contributed by atoms with Crippen LogP contribution in [0.2, 0.25) is 0 Å². The molecule has 0 saturated heterocycles. The molecular weight excluding hydrogens is 403 g/mol. The van der Waals surface area contributed by atoms with Crippen LogP contribution in [0.4, 0.5) is 10.1 Å². The minimum absolute atomic E-state index is 0.102. The molecule has 0 fully saturated rings. The van der Waals surface area contributed by atoms with Gasteiger partial charge in [-0.05, 0) is 55.8 Å². The Bertz CT molecular complexity index is 1100. The summed E-state index contributed by atoms with van der Waals surface area (Å²) in [7, 11) is -3.95. The number of anilines is 1. The molecule has 0 aliphatic heterocycles. The fourth-order valence-corrected chi connectivity index (χ4v) is 4.44. The van der Waals surface area contributed by atoms with Gasteiger partial charge in [-0.1, -0.05) is 48.0 Å². The molecule has 0 radical (unpaired) electrons. The van der Waals surface area contributed by atoms with Gasteiger partial charge in [-0.25, -0.2) is 12.8 Å². The van der Waals surface area contributed by atoms with Crippen LogP contribution >= 0.6 is 0 Å². The summed E-state index contributed by atoms with van der Waals surface area (Å²) in [5.41, 5.74) is 2.09. The SMILES string of the molecule is Cc1ccc(N(CC(=O)N[C@@H](C)c2ccc(F)cc2)S(=O)(=O)c2ccccc2)cc1. The zero-order valence-corrected chi connectivity index (χ0v) is 17.6. The normalized spacial score (nSPS) is 12.2. The first-order chi connectivity index (χ1) is 14.3. The Hall–Kier alpha value is -3.19. The maximum absolute atomic E-state index is 13.3. The van der Waals surface area contributed by atoms with Crippen LogP contribution in [0.5, 0.6) is 0 Å². The van der Waals surface area contributed by atoms with E-state index in [1.54, 1.807) is 61.5 Å². The van der Waals surface area contributed by atoms with Gasteiger partial charge in [0.15, 0.2) is 0 Å². The number of hydrogen-bond acceptors (Lipinski definition) is 3. The molecule has 30 heavy (non-hydrogen) atoms. The molecule has 5 nitrogen and oxygen atoms in total. The van der Waals surface area contributed by atoms with Gasteiger partial charge in [0.05, 0.1) is 16.6 Å². The molecule has 0 aliphatic rings. The summed E-state index contributed by atoms with van der Waals surface area (Å²) in [6, 6.07) is 20.3. The Morgan fingerprint density at radius 2 is 1.57 bits per heavy atom. The predicted molar refractivity (Wildman–Crippen MR) is 115 cm³/mol. The highest BCUT2D eigenvalue weighted by molar-refractivity contribution is 7.92. The quantitative estimate of drug-likeness (QED) is 0.616. The van der Waals surface area contributed by atoms with E-state index in [1.807, 2.05) is 6.92 Å². The largest absolute Gasteiger partial charge is 0.348 e. The zero-order valence-electron chi connectivity index (χ0n) is 16.7. The highest BCUT2D eigenvalue weighted by Crippen LogP contribution is 2.24. The average Bonchev–Trinajstić information content (AvgIpc) is 2.74. The van der Waals surface area contributed by atoms with Crippen molar-refractivity contribution in [3.8, 4) is 0 Å². The molecule has 0 aliphatic carbocycles. The number of benzene rings is 3. The van der Waals surface area contributed by atoms with Crippen molar-refractivity contribution in [2.75, 3.05) is 10.8 Å². The summed E-state index contributed by atoms with van der Waals surface area (Å²) >= 11 is 0. The van der Waals surface area contributed by atoms with Crippen molar-refractivity contribution in [2.24, 2.45) is 0 Å². The first kappa shape index (κ1) is 21.5. The lowest BCUT2D eigenvalue weighted by atomic mass is 10.1. The lowest BCUT2D eigenvalue weighted by Gasteiger charge is -2.25. The van der Waals surface area contributed by atoms with Crippen LogP contribution in [-0.2, 0) is 14.8 Å². The molecule has 0 aromatic heterocycles. The Kier molecular flexibility index (Phi) is 6.52. The molecule has 0 heterocycles. The van der Waals surface area contributed by atoms with E-state index in [0.29, 0.717) is 5.69 Å². The Morgan fingerprint density at radius 3 is 2.17 bits per heavy atom. The molecule has 3 aromatic carbocycles. The van der Waals surface area contributed by atoms with Crippen LogP contribution < -0.4 is 9.62 Å². The summed E-state index contributed by atoms with van der Waals surface area (Å²) in [4.78, 5) is 12.8. The third-order valence-electron chi connectivity index (χ3n) is 4.69. The molecule has 7 heteroatoms. The van der Waals surface area contributed by atoms with E-state index in [-0.39, 0.29) is 17.3 Å². The lowest BCUT2D eigenvalue weighted by Crippen LogP contribution is -2.41. The van der Waals surface area contributed by atoms with E-state index in [2.05, 4.69) is 5.32 Å². The number of carbonyl (C=O) groups excluding carboxylic acids is 1. The fourth-order valence-electron chi connectivity index (χ4n) is 3.00. The van der Waals surface area contributed by atoms with Gasteiger partial charge in [-0.15, -0.1) is 0 Å². The lowest BCUT2D eigenvalue weighted by molar-refractivity contribution is -0.120. The molecule has 3 rings (SSSR count). The summed E-state index contributed by atoms with van der Waals surface area (Å²) in [5, 5.41) is 2.78. The number of amides is 1. The second-order valence-corrected chi connectivity index (χ2v) is 8.86. The van der Waals surface area contributed by atoms with Gasteiger partial charge in [-0.3, -0.25) is 9.10 Å². The second kappa shape index (κ2) is 9.09. The number of halogens is 1. The van der Waals surface area contributed by atoms with Crippen molar-refractivity contribution in [3.05, 3.63) is 95.8 Å². The van der Waals surface area contributed by atoms with E-state index in [9.17, 15) is 17.6 Å². The number of aryl methyl sites for hydroxylation is 1. The summed E-state index contributed by atoms with van der Waals surface area (Å²) in [5.74, 6) is -0.830. The number of nitrogens with zero attached hydrogens (tertiary/aromatic N) is 1. The Labute approximate surface area is 176 Å². The van der Waals surface area contributed by atoms with Gasteiger partial charge in [0.25, 0.3) is 10.0 Å². The van der Waals surface area contributed by atoms with Gasteiger partial charge < -0.3 is 5.32 Å². The number of nitrogens with one attached hydrogen (secondary N) is 1. The monoisotopic (exact) mass is 426 g/mol. The zero-order chi connectivity index (χ0) is 21.7. The van der Waals surface area contributed by atoms with Crippen LogP contribution in [0.25, 0.3) is 0 Å². The molecule has 0 unspecified atom stereocenters. The van der Waals surface area contributed by atoms with Crippen LogP contribution in [0.3, 0.4) is 0 Å². The number of rotatable bonds is 7. The van der Waals surface area contributed by atoms with Crippen LogP contribution in [0, 0.1) is 12.7 Å². The predicted octanol–water partition coefficient (Wildman–Crippen LogP) is 4.21. The Balaban J connectivity index is 1.86. The van der Waals surface area contributed by atoms with Crippen molar-refractivity contribution in [1.29, 1.82) is 0 Å². The maximum atomic E-state index is 13.3. The topological polar surface area (TPSA) is 66.5 Å². The standard InChI is InChI=1S/C23H23FN2O3S/c1-17-8-14-21(15-9-17)26(30(28,29)22-6-4-3-5-7-22)16-23(27)25-18(2)19-10-12-20(24)13-11-19/h3-15,18H,16H2,1-2H3,(H,25,27)/t18-/m0/s1. The molecule has 1 atom stereocenters. The third-order valence-corrected chi connectivity index (χ3v) is 6.48. The molecule has 0 bridgehead atoms. The second-order valence-electron chi connectivity index (χ2n) is 7.00. The summed E-state index contributed by atoms with van der Waals surface area (Å²) in [6.07, 6.45) is 0. The highest BCUT2D eigenvalue weighted by atomic mass is 32.2. The van der Waals surface area contributed by atoms with Crippen LogP contribution in [0.1, 0.15) is 24.1 Å². The van der Waals surface area contributed by atoms with Crippen LogP contribution in [-0.4, -0.2) is 20.9 Å². The third kappa shape index (κ3) is 5.04. The average molecular weight is 427 g/mol. The Morgan fingerprint density at radius 1 is 0.967 bits per heavy atom. The van der Waals surface area contributed by atoms with E-state index in [0.717, 1.165) is 15.4 Å². The van der Waals surface area contributed by atoms with E-state index in [4.69, 9.17) is 0 Å². The number of carbonyl (C=O) groups is 1. The van der Waals surface area contributed by atoms with Gasteiger partial charge in [0.2, 0.25) is 5.91 Å². The van der Waals surface area contributed by atoms with Crippen molar-refractivity contribution in [3.63, 3.8) is 0 Å². The minimum Gasteiger partial charge on any atom is -0.348 e. The molecule has 0 saturated carbocycles. The molecule has 3 aromatic rings. The van der Waals surface area contributed by atoms with Gasteiger partial charge in [0.1, 0.15) is 12.4 Å². The highest BCUT2D eigenvalue weighted by Gasteiger charge is 2.27. The molecule has 0 spiro atoms. The van der Waals surface area contributed by atoms with Crippen LogP contribution in [0.15, 0.2) is 83.8 Å². The van der Waals surface area contributed by atoms with E-state index >= 15 is 0 Å². The van der Waals surface area contributed by atoms with E-state index in [1.165, 1.54) is 24.3 Å². The molecule has 1 amide bonds. The fraction of sp³-hybridized carbons (Fsp3) is 0.174. The number of hydrogen-bond donors (Lipinski definition) is 1. The van der Waals surface area contributed by atoms with Gasteiger partial charge in [-0.2, -0.15) is 0 Å². The number of sulfonamides is 1. The van der Waals surface area contributed by atoms with Crippen molar-refractivity contribution >= 4 is 21.6 Å². The molecular formula is C23H23FN2O3S. The van der Waals surface area contributed by atoms with Gasteiger partial charge in [0, 0.05) is 0 Å². The molecule has 1 N–H and O–H groups in total. The summed E-state index contributed by atoms with van der Waals surface area (Å²) < 4.78 is 40.7. The minimum atomic E-state index is -3.95. The van der Waals surface area contributed by atoms with E-state index < -0.39 is 22.0 Å². The first-order valence-electron chi connectivity index (χ1n) is 9.46. The smallest absolute Gasteiger partial charge is 0.264 e. The summed E-state index contributed by atoms with van der Waals surface area (Å²) in [6.45, 7) is 3.27. The first-order valence-corrected chi connectivity index (χ1v) is 10.9.